The highest BCUT2D eigenvalue weighted by atomic mass is 35.5. The summed E-state index contributed by atoms with van der Waals surface area (Å²) in [6, 6.07) is 2.45. The third-order valence-electron chi connectivity index (χ3n) is 2.74. The maximum atomic E-state index is 12.4. The minimum atomic E-state index is -4.22. The van der Waals surface area contributed by atoms with Gasteiger partial charge in [-0.15, -0.1) is 0 Å². The molecule has 1 aromatic rings. The Morgan fingerprint density at radius 1 is 1.43 bits per heavy atom. The van der Waals surface area contributed by atoms with Gasteiger partial charge in [0.15, 0.2) is 6.61 Å². The van der Waals surface area contributed by atoms with Crippen molar-refractivity contribution in [3.63, 3.8) is 0 Å². The third kappa shape index (κ3) is 5.70. The van der Waals surface area contributed by atoms with Crippen molar-refractivity contribution in [2.75, 3.05) is 6.61 Å². The first kappa shape index (κ1) is 19.2. The van der Waals surface area contributed by atoms with Crippen LogP contribution in [0.2, 0.25) is 5.02 Å². The molecule has 0 aliphatic carbocycles. The number of nitrogens with one attached hydrogen (secondary N) is 1. The van der Waals surface area contributed by atoms with Crippen LogP contribution in [0.3, 0.4) is 0 Å². The number of aliphatic carboxylic acids is 1. The van der Waals surface area contributed by atoms with Crippen molar-refractivity contribution in [3.8, 4) is 5.75 Å². The lowest BCUT2D eigenvalue weighted by molar-refractivity contribution is -0.139. The van der Waals surface area contributed by atoms with E-state index in [-0.39, 0.29) is 22.1 Å². The first-order valence-corrected chi connectivity index (χ1v) is 8.49. The van der Waals surface area contributed by atoms with Crippen LogP contribution in [0.4, 0.5) is 0 Å². The number of amides is 1. The van der Waals surface area contributed by atoms with Gasteiger partial charge in [0.1, 0.15) is 16.7 Å². The quantitative estimate of drug-likeness (QED) is 0.591. The summed E-state index contributed by atoms with van der Waals surface area (Å²) in [6.45, 7) is 1.20. The minimum absolute atomic E-state index is 0.110. The van der Waals surface area contributed by atoms with E-state index in [9.17, 15) is 18.0 Å². The fraction of sp³-hybridized carbons (Fsp3) is 0.385. The van der Waals surface area contributed by atoms with Crippen LogP contribution in [0.15, 0.2) is 23.1 Å². The molecule has 8 nitrogen and oxygen atoms in total. The third-order valence-corrected chi connectivity index (χ3v) is 4.47. The molecular formula is C13H17ClN2O6S. The lowest BCUT2D eigenvalue weighted by Gasteiger charge is -2.16. The molecule has 1 rings (SSSR count). The van der Waals surface area contributed by atoms with Gasteiger partial charge in [-0.05, 0) is 24.6 Å². The molecular weight excluding hydrogens is 348 g/mol. The summed E-state index contributed by atoms with van der Waals surface area (Å²) in [5.41, 5.74) is 4.96. The van der Waals surface area contributed by atoms with E-state index in [0.29, 0.717) is 6.42 Å². The topological polar surface area (TPSA) is 136 Å². The summed E-state index contributed by atoms with van der Waals surface area (Å²) in [5, 5.41) is 9.18. The van der Waals surface area contributed by atoms with Crippen molar-refractivity contribution in [2.45, 2.75) is 30.7 Å². The van der Waals surface area contributed by atoms with E-state index in [4.69, 9.17) is 27.2 Å². The molecule has 0 fully saturated rings. The van der Waals surface area contributed by atoms with Gasteiger partial charge < -0.3 is 15.6 Å². The van der Waals surface area contributed by atoms with Gasteiger partial charge in [-0.2, -0.15) is 4.72 Å². The molecule has 0 bridgehead atoms. The summed E-state index contributed by atoms with van der Waals surface area (Å²) in [6.07, 6.45) is 0.590. The highest BCUT2D eigenvalue weighted by Crippen LogP contribution is 2.27. The number of carboxylic acid groups (broad SMARTS) is 1. The second-order valence-electron chi connectivity index (χ2n) is 4.65. The van der Waals surface area contributed by atoms with E-state index in [1.165, 1.54) is 12.1 Å². The number of sulfonamides is 1. The molecule has 0 aliphatic rings. The number of halogens is 1. The molecule has 128 valence electrons. The number of nitrogens with two attached hydrogens (primary N) is 1. The van der Waals surface area contributed by atoms with E-state index < -0.39 is 34.5 Å². The van der Waals surface area contributed by atoms with E-state index in [1.807, 2.05) is 0 Å². The van der Waals surface area contributed by atoms with Gasteiger partial charge in [0, 0.05) is 5.02 Å². The Morgan fingerprint density at radius 2 is 2.09 bits per heavy atom. The number of ether oxygens (including phenoxy) is 1. The fourth-order valence-corrected chi connectivity index (χ4v) is 3.36. The molecule has 1 amide bonds. The van der Waals surface area contributed by atoms with E-state index in [2.05, 4.69) is 4.72 Å². The van der Waals surface area contributed by atoms with Gasteiger partial charge in [-0.25, -0.2) is 8.42 Å². The summed E-state index contributed by atoms with van der Waals surface area (Å²) >= 11 is 5.79. The molecule has 0 heterocycles. The lowest BCUT2D eigenvalue weighted by Crippen LogP contribution is -2.40. The van der Waals surface area contributed by atoms with Crippen LogP contribution in [0.5, 0.6) is 5.75 Å². The first-order chi connectivity index (χ1) is 10.7. The van der Waals surface area contributed by atoms with E-state index >= 15 is 0 Å². The van der Waals surface area contributed by atoms with Crippen LogP contribution in [-0.2, 0) is 19.6 Å². The molecule has 0 radical (unpaired) electrons. The average molecular weight is 365 g/mol. The zero-order valence-corrected chi connectivity index (χ0v) is 13.9. The Hall–Kier alpha value is -1.84. The number of benzene rings is 1. The maximum Gasteiger partial charge on any atom is 0.321 e. The van der Waals surface area contributed by atoms with Crippen LogP contribution in [0.25, 0.3) is 0 Å². The number of hydrogen-bond donors (Lipinski definition) is 3. The molecule has 0 spiro atoms. The van der Waals surface area contributed by atoms with Gasteiger partial charge in [-0.1, -0.05) is 24.9 Å². The Kier molecular flexibility index (Phi) is 6.79. The average Bonchev–Trinajstić information content (AvgIpc) is 2.45. The second-order valence-corrected chi connectivity index (χ2v) is 6.77. The Morgan fingerprint density at radius 3 is 2.61 bits per heavy atom. The van der Waals surface area contributed by atoms with Crippen molar-refractivity contribution in [2.24, 2.45) is 5.73 Å². The van der Waals surface area contributed by atoms with E-state index in [1.54, 1.807) is 6.92 Å². The molecule has 0 saturated heterocycles. The molecule has 1 unspecified atom stereocenters. The lowest BCUT2D eigenvalue weighted by atomic mass is 10.2. The van der Waals surface area contributed by atoms with Gasteiger partial charge >= 0.3 is 5.97 Å². The standard InChI is InChI=1S/C13H17ClN2O6S/c1-2-3-9(13(18)19)16-23(20,21)11-6-8(14)4-5-10(11)22-7-12(15)17/h4-6,9,16H,2-3,7H2,1H3,(H2,15,17)(H,18,19). The van der Waals surface area contributed by atoms with E-state index in [0.717, 1.165) is 6.07 Å². The molecule has 1 aromatic carbocycles. The molecule has 4 N–H and O–H groups in total. The Balaban J connectivity index is 3.17. The Bertz CT molecular complexity index is 692. The molecule has 1 atom stereocenters. The largest absolute Gasteiger partial charge is 0.482 e. The number of primary amides is 1. The summed E-state index contributed by atoms with van der Waals surface area (Å²) < 4.78 is 31.9. The molecule has 10 heteroatoms. The number of carbonyl (C=O) groups is 2. The zero-order chi connectivity index (χ0) is 17.6. The SMILES string of the molecule is CCCC(NS(=O)(=O)c1cc(Cl)ccc1OCC(N)=O)C(=O)O. The van der Waals surface area contributed by atoms with Gasteiger partial charge in [0.25, 0.3) is 5.91 Å². The van der Waals surface area contributed by atoms with Crippen molar-refractivity contribution in [1.29, 1.82) is 0 Å². The van der Waals surface area contributed by atoms with Gasteiger partial charge in [0.2, 0.25) is 10.0 Å². The smallest absolute Gasteiger partial charge is 0.321 e. The zero-order valence-electron chi connectivity index (χ0n) is 12.3. The normalized spacial score (nSPS) is 12.6. The predicted octanol–water partition coefficient (Wildman–Crippen LogP) is 0.736. The molecule has 23 heavy (non-hydrogen) atoms. The summed E-state index contributed by atoms with van der Waals surface area (Å²) in [4.78, 5) is 21.5. The number of carbonyl (C=O) groups excluding carboxylic acids is 1. The molecule has 0 saturated carbocycles. The van der Waals surface area contributed by atoms with Crippen LogP contribution in [0.1, 0.15) is 19.8 Å². The van der Waals surface area contributed by atoms with Crippen LogP contribution >= 0.6 is 11.6 Å². The van der Waals surface area contributed by atoms with Crippen molar-refractivity contribution in [3.05, 3.63) is 23.2 Å². The monoisotopic (exact) mass is 364 g/mol. The van der Waals surface area contributed by atoms with Crippen molar-refractivity contribution in [1.82, 2.24) is 4.72 Å². The highest BCUT2D eigenvalue weighted by Gasteiger charge is 2.27. The number of rotatable bonds is 9. The molecule has 0 aromatic heterocycles. The van der Waals surface area contributed by atoms with Gasteiger partial charge in [-0.3, -0.25) is 9.59 Å². The predicted molar refractivity (Wildman–Crippen MR) is 82.8 cm³/mol. The number of hydrogen-bond acceptors (Lipinski definition) is 5. The fourth-order valence-electron chi connectivity index (χ4n) is 1.73. The second kappa shape index (κ2) is 8.14. The van der Waals surface area contributed by atoms with Crippen molar-refractivity contribution < 1.29 is 27.9 Å². The minimum Gasteiger partial charge on any atom is -0.482 e. The highest BCUT2D eigenvalue weighted by molar-refractivity contribution is 7.89. The number of carboxylic acids is 1. The maximum absolute atomic E-state index is 12.4. The van der Waals surface area contributed by atoms with Crippen molar-refractivity contribution >= 4 is 33.5 Å². The Labute approximate surface area is 138 Å². The summed E-state index contributed by atoms with van der Waals surface area (Å²) in [7, 11) is -4.22. The van der Waals surface area contributed by atoms with Crippen LogP contribution < -0.4 is 15.2 Å². The van der Waals surface area contributed by atoms with Gasteiger partial charge in [0.05, 0.1) is 0 Å². The van der Waals surface area contributed by atoms with Crippen LogP contribution in [-0.4, -0.2) is 38.0 Å². The summed E-state index contributed by atoms with van der Waals surface area (Å²) in [5.74, 6) is -2.23. The first-order valence-electron chi connectivity index (χ1n) is 6.63. The van der Waals surface area contributed by atoms with Crippen LogP contribution in [0, 0.1) is 0 Å². The molecule has 0 aliphatic heterocycles.